The third-order valence-electron chi connectivity index (χ3n) is 2.34. The van der Waals surface area contributed by atoms with Crippen LogP contribution in [-0.4, -0.2) is 55.1 Å². The first-order chi connectivity index (χ1) is 8.19. The Balaban J connectivity index is 4.47. The van der Waals surface area contributed by atoms with Crippen molar-refractivity contribution < 1.29 is 23.4 Å². The normalized spacial score (nSPS) is 14.1. The van der Waals surface area contributed by atoms with Gasteiger partial charge >= 0.3 is 5.97 Å². The molecule has 0 saturated carbocycles. The number of carbonyl (C=O) groups is 1. The Bertz CT molecular complexity index is 355. The summed E-state index contributed by atoms with van der Waals surface area (Å²) in [5, 5.41) is 17.6. The molecule has 0 spiro atoms. The van der Waals surface area contributed by atoms with E-state index >= 15 is 0 Å². The zero-order chi connectivity index (χ0) is 14.3. The van der Waals surface area contributed by atoms with Crippen molar-refractivity contribution in [3.05, 3.63) is 0 Å². The predicted octanol–water partition coefficient (Wildman–Crippen LogP) is -0.366. The highest BCUT2D eigenvalue weighted by molar-refractivity contribution is 7.87. The van der Waals surface area contributed by atoms with Crippen molar-refractivity contribution in [2.75, 3.05) is 20.2 Å². The molecule has 1 atom stereocenters. The molecular formula is C10H22N2O5S. The summed E-state index contributed by atoms with van der Waals surface area (Å²) in [5.74, 6) is -0.813. The predicted molar refractivity (Wildman–Crippen MR) is 67.3 cm³/mol. The molecule has 0 fully saturated rings. The fourth-order valence-electron chi connectivity index (χ4n) is 1.40. The van der Waals surface area contributed by atoms with Crippen molar-refractivity contribution >= 4 is 16.2 Å². The molecule has 1 unspecified atom stereocenters. The molecule has 0 amide bonds. The van der Waals surface area contributed by atoms with E-state index in [2.05, 4.69) is 4.72 Å². The molecule has 0 aliphatic carbocycles. The van der Waals surface area contributed by atoms with Gasteiger partial charge in [-0.3, -0.25) is 4.79 Å². The molecule has 0 aromatic heterocycles. The third kappa shape index (κ3) is 6.90. The summed E-state index contributed by atoms with van der Waals surface area (Å²) >= 11 is 0. The molecule has 108 valence electrons. The van der Waals surface area contributed by atoms with E-state index in [-0.39, 0.29) is 25.5 Å². The van der Waals surface area contributed by atoms with Crippen LogP contribution < -0.4 is 4.72 Å². The number of aliphatic hydroxyl groups excluding tert-OH is 1. The molecule has 7 nitrogen and oxygen atoms in total. The largest absolute Gasteiger partial charge is 0.481 e. The average Bonchev–Trinajstić information content (AvgIpc) is 2.23. The van der Waals surface area contributed by atoms with Crippen LogP contribution in [0.1, 0.15) is 26.7 Å². The van der Waals surface area contributed by atoms with Crippen LogP contribution in [0.4, 0.5) is 0 Å². The monoisotopic (exact) mass is 282 g/mol. The van der Waals surface area contributed by atoms with E-state index in [4.69, 9.17) is 10.2 Å². The van der Waals surface area contributed by atoms with Crippen molar-refractivity contribution in [3.8, 4) is 0 Å². The van der Waals surface area contributed by atoms with Crippen LogP contribution >= 0.6 is 0 Å². The Kier molecular flexibility index (Phi) is 7.37. The zero-order valence-corrected chi connectivity index (χ0v) is 11.8. The smallest absolute Gasteiger partial charge is 0.304 e. The van der Waals surface area contributed by atoms with E-state index in [1.54, 1.807) is 0 Å². The summed E-state index contributed by atoms with van der Waals surface area (Å²) in [7, 11) is -2.45. The zero-order valence-electron chi connectivity index (χ0n) is 11.0. The number of rotatable bonds is 9. The van der Waals surface area contributed by atoms with Gasteiger partial charge in [0.25, 0.3) is 10.2 Å². The van der Waals surface area contributed by atoms with Gasteiger partial charge in [0.2, 0.25) is 0 Å². The van der Waals surface area contributed by atoms with Crippen molar-refractivity contribution in [2.45, 2.75) is 32.7 Å². The van der Waals surface area contributed by atoms with Crippen LogP contribution in [0.15, 0.2) is 0 Å². The number of aliphatic hydroxyl groups is 1. The highest BCUT2D eigenvalue weighted by atomic mass is 32.2. The summed E-state index contributed by atoms with van der Waals surface area (Å²) in [4.78, 5) is 10.4. The third-order valence-corrected chi connectivity index (χ3v) is 3.98. The van der Waals surface area contributed by atoms with Gasteiger partial charge in [-0.2, -0.15) is 17.4 Å². The molecule has 0 aliphatic rings. The van der Waals surface area contributed by atoms with E-state index in [1.165, 1.54) is 7.05 Å². The number of hydrogen-bond acceptors (Lipinski definition) is 4. The van der Waals surface area contributed by atoms with Crippen LogP contribution in [0.2, 0.25) is 0 Å². The molecule has 8 heteroatoms. The van der Waals surface area contributed by atoms with E-state index in [1.807, 2.05) is 13.8 Å². The lowest BCUT2D eigenvalue weighted by molar-refractivity contribution is -0.137. The molecular weight excluding hydrogens is 260 g/mol. The quantitative estimate of drug-likeness (QED) is 0.535. The Morgan fingerprint density at radius 1 is 1.39 bits per heavy atom. The van der Waals surface area contributed by atoms with Gasteiger partial charge in [-0.25, -0.2) is 0 Å². The Morgan fingerprint density at radius 3 is 2.33 bits per heavy atom. The number of hydrogen-bond donors (Lipinski definition) is 3. The van der Waals surface area contributed by atoms with E-state index in [0.29, 0.717) is 6.42 Å². The van der Waals surface area contributed by atoms with E-state index < -0.39 is 22.2 Å². The van der Waals surface area contributed by atoms with Crippen LogP contribution in [-0.2, 0) is 15.0 Å². The minimum atomic E-state index is -3.75. The van der Waals surface area contributed by atoms with E-state index in [9.17, 15) is 13.2 Å². The molecule has 0 rings (SSSR count). The fraction of sp³-hybridized carbons (Fsp3) is 0.900. The molecule has 0 aromatic carbocycles. The molecule has 3 N–H and O–H groups in total. The average molecular weight is 282 g/mol. The van der Waals surface area contributed by atoms with Crippen molar-refractivity contribution in [1.82, 2.24) is 9.03 Å². The number of carboxylic acid groups (broad SMARTS) is 1. The molecule has 0 aliphatic heterocycles. The fourth-order valence-corrected chi connectivity index (χ4v) is 2.51. The highest BCUT2D eigenvalue weighted by Crippen LogP contribution is 2.07. The molecule has 0 saturated heterocycles. The lowest BCUT2D eigenvalue weighted by Crippen LogP contribution is -2.46. The molecule has 0 heterocycles. The van der Waals surface area contributed by atoms with Gasteiger partial charge in [0, 0.05) is 19.6 Å². The van der Waals surface area contributed by atoms with Crippen molar-refractivity contribution in [1.29, 1.82) is 0 Å². The summed E-state index contributed by atoms with van der Waals surface area (Å²) in [6.07, 6.45) is 0.258. The van der Waals surface area contributed by atoms with Crippen molar-refractivity contribution in [3.63, 3.8) is 0 Å². The van der Waals surface area contributed by atoms with Gasteiger partial charge in [-0.1, -0.05) is 13.8 Å². The Labute approximate surface area is 108 Å². The number of aliphatic carboxylic acids is 1. The van der Waals surface area contributed by atoms with Gasteiger partial charge in [0.1, 0.15) is 0 Å². The maximum atomic E-state index is 11.8. The lowest BCUT2D eigenvalue weighted by Gasteiger charge is -2.22. The van der Waals surface area contributed by atoms with Crippen LogP contribution in [0.25, 0.3) is 0 Å². The maximum Gasteiger partial charge on any atom is 0.304 e. The summed E-state index contributed by atoms with van der Waals surface area (Å²) in [5.41, 5.74) is 0. The first kappa shape index (κ1) is 17.3. The first-order valence-corrected chi connectivity index (χ1v) is 7.19. The number of nitrogens with one attached hydrogen (secondary N) is 1. The standard InChI is InChI=1S/C10H22N2O5S/c1-8(2)6-9(7-13)11-18(16,17)12(3)5-4-10(14)15/h8-9,11,13H,4-7H2,1-3H3,(H,14,15). The molecule has 18 heavy (non-hydrogen) atoms. The van der Waals surface area contributed by atoms with Crippen molar-refractivity contribution in [2.24, 2.45) is 5.92 Å². The second kappa shape index (κ2) is 7.67. The van der Waals surface area contributed by atoms with Gasteiger partial charge < -0.3 is 10.2 Å². The summed E-state index contributed by atoms with van der Waals surface area (Å²) < 4.78 is 26.9. The van der Waals surface area contributed by atoms with Gasteiger partial charge in [-0.05, 0) is 12.3 Å². The van der Waals surface area contributed by atoms with Gasteiger partial charge in [0.15, 0.2) is 0 Å². The maximum absolute atomic E-state index is 11.8. The second-order valence-corrected chi connectivity index (χ2v) is 6.41. The summed E-state index contributed by atoms with van der Waals surface area (Å²) in [6.45, 7) is 3.45. The number of nitrogens with zero attached hydrogens (tertiary/aromatic N) is 1. The van der Waals surface area contributed by atoms with Gasteiger partial charge in [0.05, 0.1) is 13.0 Å². The van der Waals surface area contributed by atoms with Gasteiger partial charge in [-0.15, -0.1) is 0 Å². The Hall–Kier alpha value is -0.700. The first-order valence-electron chi connectivity index (χ1n) is 5.75. The molecule has 0 bridgehead atoms. The topological polar surface area (TPSA) is 107 Å². The highest BCUT2D eigenvalue weighted by Gasteiger charge is 2.22. The minimum absolute atomic E-state index is 0.107. The van der Waals surface area contributed by atoms with Crippen LogP contribution in [0.5, 0.6) is 0 Å². The lowest BCUT2D eigenvalue weighted by atomic mass is 10.1. The SMILES string of the molecule is CC(C)CC(CO)NS(=O)(=O)N(C)CCC(=O)O. The van der Waals surface area contributed by atoms with E-state index in [0.717, 1.165) is 4.31 Å². The van der Waals surface area contributed by atoms with Crippen LogP contribution in [0.3, 0.4) is 0 Å². The molecule has 0 radical (unpaired) electrons. The second-order valence-electron chi connectivity index (χ2n) is 4.60. The Morgan fingerprint density at radius 2 is 1.94 bits per heavy atom. The summed E-state index contributed by atoms with van der Waals surface area (Å²) in [6, 6.07) is -0.553. The molecule has 0 aromatic rings. The number of carboxylic acids is 1. The van der Waals surface area contributed by atoms with Crippen LogP contribution in [0, 0.1) is 5.92 Å². The minimum Gasteiger partial charge on any atom is -0.481 e.